The van der Waals surface area contributed by atoms with E-state index >= 15 is 0 Å². The molecule has 5 rings (SSSR count). The van der Waals surface area contributed by atoms with E-state index < -0.39 is 0 Å². The lowest BCUT2D eigenvalue weighted by molar-refractivity contribution is -0.0777. The van der Waals surface area contributed by atoms with Crippen LogP contribution in [0, 0.1) is 12.3 Å². The van der Waals surface area contributed by atoms with E-state index in [1.165, 1.54) is 23.1 Å². The van der Waals surface area contributed by atoms with E-state index in [0.717, 1.165) is 47.0 Å². The molecule has 1 aliphatic rings. The fourth-order valence-corrected chi connectivity index (χ4v) is 5.78. The van der Waals surface area contributed by atoms with Crippen LogP contribution in [0.4, 0.5) is 0 Å². The molecule has 1 aliphatic carbocycles. The zero-order valence-electron chi connectivity index (χ0n) is 22.4. The summed E-state index contributed by atoms with van der Waals surface area (Å²) in [4.78, 5) is 6.26. The van der Waals surface area contributed by atoms with Crippen LogP contribution in [0.1, 0.15) is 49.8 Å². The third-order valence-electron chi connectivity index (χ3n) is 7.40. The zero-order valence-corrected chi connectivity index (χ0v) is 23.2. The molecule has 38 heavy (non-hydrogen) atoms. The molecule has 4 aromatic rings. The Morgan fingerprint density at radius 3 is 1.68 bits per heavy atom. The van der Waals surface area contributed by atoms with Crippen LogP contribution in [0.5, 0.6) is 23.0 Å². The summed E-state index contributed by atoms with van der Waals surface area (Å²) >= 11 is 1.16. The smallest absolute Gasteiger partial charge is 0.166 e. The van der Waals surface area contributed by atoms with Gasteiger partial charge in [-0.25, -0.2) is 0 Å². The Hall–Kier alpha value is -3.41. The molecule has 0 heterocycles. The number of hydrogen-bond donors (Lipinski definition) is 0. The van der Waals surface area contributed by atoms with Gasteiger partial charge in [0.1, 0.15) is 17.2 Å². The molecule has 4 aromatic carbocycles. The first kappa shape index (κ1) is 26.2. The van der Waals surface area contributed by atoms with Gasteiger partial charge in [0.2, 0.25) is 0 Å². The van der Waals surface area contributed by atoms with Crippen molar-refractivity contribution in [2.24, 2.45) is 5.41 Å². The van der Waals surface area contributed by atoms with E-state index in [9.17, 15) is 0 Å². The molecule has 0 aliphatic heterocycles. The molecule has 0 amide bonds. The molecule has 0 N–H and O–H groups in total. The quantitative estimate of drug-likeness (QED) is 0.123. The van der Waals surface area contributed by atoms with Gasteiger partial charge in [0.05, 0.1) is 19.2 Å². The number of hydrogen-bond acceptors (Lipinski definition) is 5. The van der Waals surface area contributed by atoms with Gasteiger partial charge in [0, 0.05) is 10.3 Å². The molecule has 4 nitrogen and oxygen atoms in total. The van der Waals surface area contributed by atoms with Crippen molar-refractivity contribution in [3.63, 3.8) is 0 Å². The van der Waals surface area contributed by atoms with Crippen LogP contribution in [0.3, 0.4) is 0 Å². The fraction of sp³-hybridized carbons (Fsp3) is 0.273. The van der Waals surface area contributed by atoms with Crippen LogP contribution < -0.4 is 14.4 Å². The number of rotatable bonds is 9. The topological polar surface area (TPSA) is 36.9 Å². The molecule has 1 fully saturated rings. The van der Waals surface area contributed by atoms with Gasteiger partial charge in [-0.15, -0.1) is 4.33 Å². The summed E-state index contributed by atoms with van der Waals surface area (Å²) in [6.07, 6.45) is 3.43. The zero-order chi connectivity index (χ0) is 26.6. The second kappa shape index (κ2) is 11.1. The minimum atomic E-state index is -0.00613. The van der Waals surface area contributed by atoms with Crippen LogP contribution in [-0.2, 0) is 9.75 Å². The first-order valence-corrected chi connectivity index (χ1v) is 13.7. The lowest BCUT2D eigenvalue weighted by Gasteiger charge is -2.33. The molecule has 0 aromatic heterocycles. The Bertz CT molecular complexity index is 1330. The summed E-state index contributed by atoms with van der Waals surface area (Å²) < 4.78 is 16.9. The van der Waals surface area contributed by atoms with E-state index in [2.05, 4.69) is 62.4 Å². The van der Waals surface area contributed by atoms with Crippen LogP contribution in [0.25, 0.3) is 0 Å². The third kappa shape index (κ3) is 6.01. The first-order valence-electron chi connectivity index (χ1n) is 13.0. The van der Waals surface area contributed by atoms with Crippen molar-refractivity contribution in [2.75, 3.05) is 7.11 Å². The lowest BCUT2D eigenvalue weighted by atomic mass is 9.71. The summed E-state index contributed by atoms with van der Waals surface area (Å²) in [5, 5.41) is 0. The largest absolute Gasteiger partial charge is 0.497 e. The van der Waals surface area contributed by atoms with Crippen molar-refractivity contribution >= 4 is 12.0 Å². The van der Waals surface area contributed by atoms with Crippen LogP contribution >= 0.6 is 12.0 Å². The highest BCUT2D eigenvalue weighted by Gasteiger charge is 2.45. The average Bonchev–Trinajstić information content (AvgIpc) is 3.27. The van der Waals surface area contributed by atoms with Crippen LogP contribution in [0.2, 0.25) is 0 Å². The standard InChI is InChI=1S/C33H34O4S/c1-24-5-11-30(12-6-24)36-37-38-31-19-17-29(18-20-31)35-28-15-9-26(10-16-28)33(22-21-32(2,3)23-33)25-7-13-27(34-4)14-8-25/h5-20H,21-23H2,1-4H3. The Morgan fingerprint density at radius 1 is 0.632 bits per heavy atom. The Kier molecular flexibility index (Phi) is 7.68. The predicted molar refractivity (Wildman–Crippen MR) is 153 cm³/mol. The minimum Gasteiger partial charge on any atom is -0.497 e. The van der Waals surface area contributed by atoms with Crippen molar-refractivity contribution in [3.05, 3.63) is 114 Å². The molecule has 1 saturated carbocycles. The molecule has 196 valence electrons. The third-order valence-corrected chi connectivity index (χ3v) is 8.00. The maximum Gasteiger partial charge on any atom is 0.166 e. The highest BCUT2D eigenvalue weighted by atomic mass is 32.2. The molecular weight excluding hydrogens is 492 g/mol. The number of ether oxygens (including phenoxy) is 2. The normalized spacial score (nSPS) is 18.2. The highest BCUT2D eigenvalue weighted by Crippen LogP contribution is 2.54. The number of benzene rings is 4. The summed E-state index contributed by atoms with van der Waals surface area (Å²) in [6.45, 7) is 6.78. The molecule has 1 atom stereocenters. The van der Waals surface area contributed by atoms with E-state index in [1.807, 2.05) is 55.5 Å². The average molecular weight is 527 g/mol. The molecule has 0 spiro atoms. The summed E-state index contributed by atoms with van der Waals surface area (Å²) in [6, 6.07) is 32.7. The van der Waals surface area contributed by atoms with Gasteiger partial charge in [-0.1, -0.05) is 55.8 Å². The maximum absolute atomic E-state index is 6.15. The summed E-state index contributed by atoms with van der Waals surface area (Å²) in [5.74, 6) is 3.14. The second-order valence-corrected chi connectivity index (χ2v) is 11.6. The first-order chi connectivity index (χ1) is 18.3. The van der Waals surface area contributed by atoms with Crippen molar-refractivity contribution in [1.29, 1.82) is 0 Å². The van der Waals surface area contributed by atoms with E-state index in [-0.39, 0.29) is 5.41 Å². The van der Waals surface area contributed by atoms with E-state index in [4.69, 9.17) is 18.7 Å². The molecule has 0 saturated heterocycles. The summed E-state index contributed by atoms with van der Waals surface area (Å²) in [5.41, 5.74) is 4.14. The van der Waals surface area contributed by atoms with Crippen molar-refractivity contribution in [2.45, 2.75) is 50.3 Å². The van der Waals surface area contributed by atoms with Crippen molar-refractivity contribution < 1.29 is 18.7 Å². The van der Waals surface area contributed by atoms with Gasteiger partial charge in [-0.2, -0.15) is 0 Å². The van der Waals surface area contributed by atoms with Crippen molar-refractivity contribution in [1.82, 2.24) is 0 Å². The molecule has 0 radical (unpaired) electrons. The second-order valence-electron chi connectivity index (χ2n) is 10.8. The Labute approximate surface area is 230 Å². The minimum absolute atomic E-state index is 0.00613. The van der Waals surface area contributed by atoms with Crippen LogP contribution in [0.15, 0.2) is 102 Å². The molecule has 1 unspecified atom stereocenters. The molecule has 5 heteroatoms. The Morgan fingerprint density at radius 2 is 1.16 bits per heavy atom. The number of aryl methyl sites for hydroxylation is 1. The van der Waals surface area contributed by atoms with Gasteiger partial charge in [-0.05, 0) is 103 Å². The van der Waals surface area contributed by atoms with Gasteiger partial charge >= 0.3 is 0 Å². The Balaban J connectivity index is 1.24. The monoisotopic (exact) mass is 526 g/mol. The lowest BCUT2D eigenvalue weighted by Crippen LogP contribution is -2.25. The van der Waals surface area contributed by atoms with Gasteiger partial charge < -0.3 is 14.4 Å². The van der Waals surface area contributed by atoms with Crippen molar-refractivity contribution in [3.8, 4) is 23.0 Å². The fourth-order valence-electron chi connectivity index (χ4n) is 5.35. The molecular formula is C33H34O4S. The van der Waals surface area contributed by atoms with Gasteiger partial charge in [0.15, 0.2) is 5.75 Å². The maximum atomic E-state index is 6.15. The van der Waals surface area contributed by atoms with E-state index in [0.29, 0.717) is 11.2 Å². The summed E-state index contributed by atoms with van der Waals surface area (Å²) in [7, 11) is 1.71. The molecule has 0 bridgehead atoms. The number of methoxy groups -OCH3 is 1. The van der Waals surface area contributed by atoms with Gasteiger partial charge in [-0.3, -0.25) is 0 Å². The highest BCUT2D eigenvalue weighted by molar-refractivity contribution is 7.94. The SMILES string of the molecule is COc1ccc(C2(c3ccc(Oc4ccc(SOOc5ccc(C)cc5)cc4)cc3)CCC(C)(C)C2)cc1. The predicted octanol–water partition coefficient (Wildman–Crippen LogP) is 9.31. The van der Waals surface area contributed by atoms with Crippen LogP contribution in [-0.4, -0.2) is 7.11 Å². The van der Waals surface area contributed by atoms with Gasteiger partial charge in [0.25, 0.3) is 0 Å². The van der Waals surface area contributed by atoms with E-state index in [1.54, 1.807) is 7.11 Å².